The molecule has 1 aliphatic rings. The average molecular weight is 373 g/mol. The highest BCUT2D eigenvalue weighted by Crippen LogP contribution is 2.34. The number of halogens is 3. The van der Waals surface area contributed by atoms with Crippen LogP contribution in [0.4, 0.5) is 24.5 Å². The van der Waals surface area contributed by atoms with Crippen molar-refractivity contribution in [3.63, 3.8) is 0 Å². The zero-order valence-electron chi connectivity index (χ0n) is 14.2. The summed E-state index contributed by atoms with van der Waals surface area (Å²) in [4.78, 5) is 4.15. The summed E-state index contributed by atoms with van der Waals surface area (Å²) >= 11 is 0. The third-order valence-corrected chi connectivity index (χ3v) is 3.89. The van der Waals surface area contributed by atoms with Crippen LogP contribution in [-0.2, 0) is 6.18 Å². The van der Waals surface area contributed by atoms with E-state index in [1.54, 1.807) is 24.4 Å². The van der Waals surface area contributed by atoms with Gasteiger partial charge in [-0.25, -0.2) is 4.99 Å². The third kappa shape index (κ3) is 4.60. The molecule has 2 aromatic carbocycles. The molecule has 1 heterocycles. The van der Waals surface area contributed by atoms with Crippen molar-refractivity contribution in [3.05, 3.63) is 78.0 Å². The molecule has 0 radical (unpaired) electrons. The average Bonchev–Trinajstić information content (AvgIpc) is 2.62. The molecule has 1 unspecified atom stereocenters. The first-order valence-electron chi connectivity index (χ1n) is 8.10. The van der Waals surface area contributed by atoms with Crippen LogP contribution in [-0.4, -0.2) is 12.1 Å². The van der Waals surface area contributed by atoms with Crippen molar-refractivity contribution in [1.82, 2.24) is 5.32 Å². The molecule has 27 heavy (non-hydrogen) atoms. The second-order valence-electron chi connectivity index (χ2n) is 5.87. The van der Waals surface area contributed by atoms with E-state index < -0.39 is 17.9 Å². The number of para-hydroxylation sites is 1. The van der Waals surface area contributed by atoms with Gasteiger partial charge in [0.2, 0.25) is 0 Å². The zero-order valence-corrected chi connectivity index (χ0v) is 14.2. The minimum atomic E-state index is -4.48. The van der Waals surface area contributed by atoms with Gasteiger partial charge in [-0.2, -0.15) is 13.2 Å². The lowest BCUT2D eigenvalue weighted by Crippen LogP contribution is -2.31. The molecule has 0 spiro atoms. The minimum absolute atomic E-state index is 0.127. The summed E-state index contributed by atoms with van der Waals surface area (Å²) < 4.78 is 39.1. The second-order valence-corrected chi connectivity index (χ2v) is 5.87. The van der Waals surface area contributed by atoms with E-state index >= 15 is 0 Å². The maximum absolute atomic E-state index is 13.0. The summed E-state index contributed by atoms with van der Waals surface area (Å²) in [5.41, 5.74) is 13.1. The van der Waals surface area contributed by atoms with Crippen LogP contribution in [0.5, 0.6) is 0 Å². The predicted molar refractivity (Wildman–Crippen MR) is 102 cm³/mol. The highest BCUT2D eigenvalue weighted by Gasteiger charge is 2.33. The van der Waals surface area contributed by atoms with Gasteiger partial charge in [0.25, 0.3) is 0 Å². The number of dihydropyridines is 1. The summed E-state index contributed by atoms with van der Waals surface area (Å²) in [6.45, 7) is 0. The molecule has 3 rings (SSSR count). The molecule has 6 N–H and O–H groups in total. The van der Waals surface area contributed by atoms with Gasteiger partial charge in [-0.3, -0.25) is 0 Å². The molecule has 1 aliphatic heterocycles. The summed E-state index contributed by atoms with van der Waals surface area (Å²) in [6, 6.07) is 12.5. The number of allylic oxidation sites excluding steroid dienone is 2. The number of rotatable bonds is 3. The van der Waals surface area contributed by atoms with Gasteiger partial charge in [0, 0.05) is 11.9 Å². The molecule has 0 saturated heterocycles. The topological polar surface area (TPSA) is 88.5 Å². The van der Waals surface area contributed by atoms with E-state index in [2.05, 4.69) is 15.6 Å². The second kappa shape index (κ2) is 7.45. The van der Waals surface area contributed by atoms with Crippen molar-refractivity contribution in [3.8, 4) is 0 Å². The quantitative estimate of drug-likeness (QED) is 0.376. The Morgan fingerprint density at radius 1 is 1.07 bits per heavy atom. The number of nitrogen functional groups attached to an aromatic ring is 1. The summed E-state index contributed by atoms with van der Waals surface area (Å²) in [5, 5.41) is 5.55. The van der Waals surface area contributed by atoms with Gasteiger partial charge in [0.1, 0.15) is 6.17 Å². The zero-order chi connectivity index (χ0) is 19.4. The van der Waals surface area contributed by atoms with E-state index in [0.29, 0.717) is 5.69 Å². The lowest BCUT2D eigenvalue weighted by molar-refractivity contribution is -0.136. The maximum atomic E-state index is 13.0. The van der Waals surface area contributed by atoms with Crippen LogP contribution >= 0.6 is 0 Å². The van der Waals surface area contributed by atoms with Gasteiger partial charge in [-0.1, -0.05) is 30.3 Å². The smallest absolute Gasteiger partial charge is 0.399 e. The number of guanidine groups is 1. The molecule has 0 fully saturated rings. The fourth-order valence-corrected chi connectivity index (χ4v) is 2.57. The van der Waals surface area contributed by atoms with Crippen molar-refractivity contribution >= 4 is 22.9 Å². The Morgan fingerprint density at radius 3 is 2.41 bits per heavy atom. The SMILES string of the molecule is NC(=NC1C=CC(c2ccc(N)cc2)=CN1)Nc1ccccc1C(F)(F)F. The van der Waals surface area contributed by atoms with E-state index in [1.165, 1.54) is 18.2 Å². The molecule has 1 atom stereocenters. The van der Waals surface area contributed by atoms with Crippen LogP contribution in [0.25, 0.3) is 5.57 Å². The molecule has 0 saturated carbocycles. The number of nitrogens with zero attached hydrogens (tertiary/aromatic N) is 1. The Bertz CT molecular complexity index is 898. The number of hydrogen-bond donors (Lipinski definition) is 4. The van der Waals surface area contributed by atoms with Crippen LogP contribution in [0, 0.1) is 0 Å². The standard InChI is InChI=1S/C19H18F3N5/c20-19(21,22)15-3-1-2-4-16(15)26-18(24)27-17-10-7-13(11-25-17)12-5-8-14(23)9-6-12/h1-11,17,25H,23H2,(H3,24,26,27). The Morgan fingerprint density at radius 2 is 1.78 bits per heavy atom. The van der Waals surface area contributed by atoms with Gasteiger partial charge in [-0.05, 0) is 41.5 Å². The fourth-order valence-electron chi connectivity index (χ4n) is 2.57. The van der Waals surface area contributed by atoms with Gasteiger partial charge in [-0.15, -0.1) is 0 Å². The summed E-state index contributed by atoms with van der Waals surface area (Å²) in [7, 11) is 0. The van der Waals surface area contributed by atoms with Gasteiger partial charge >= 0.3 is 6.18 Å². The first-order valence-corrected chi connectivity index (χ1v) is 8.10. The largest absolute Gasteiger partial charge is 0.418 e. The van der Waals surface area contributed by atoms with E-state index in [1.807, 2.05) is 18.2 Å². The number of hydrogen-bond acceptors (Lipinski definition) is 3. The lowest BCUT2D eigenvalue weighted by atomic mass is 10.0. The molecular weight excluding hydrogens is 355 g/mol. The molecule has 0 aromatic heterocycles. The monoisotopic (exact) mass is 373 g/mol. The molecule has 5 nitrogen and oxygen atoms in total. The van der Waals surface area contributed by atoms with E-state index in [4.69, 9.17) is 11.5 Å². The highest BCUT2D eigenvalue weighted by atomic mass is 19.4. The number of nitrogens with one attached hydrogen (secondary N) is 2. The molecule has 0 amide bonds. The van der Waals surface area contributed by atoms with E-state index in [-0.39, 0.29) is 11.6 Å². The van der Waals surface area contributed by atoms with Crippen molar-refractivity contribution in [2.45, 2.75) is 12.3 Å². The van der Waals surface area contributed by atoms with Crippen LogP contribution in [0.3, 0.4) is 0 Å². The predicted octanol–water partition coefficient (Wildman–Crippen LogP) is 3.54. The van der Waals surface area contributed by atoms with Gasteiger partial charge in [0.05, 0.1) is 11.3 Å². The van der Waals surface area contributed by atoms with E-state index in [0.717, 1.165) is 17.2 Å². The Hall–Kier alpha value is -3.42. The fraction of sp³-hybridized carbons (Fsp3) is 0.105. The first-order chi connectivity index (χ1) is 12.8. The number of anilines is 2. The molecular formula is C19H18F3N5. The van der Waals surface area contributed by atoms with Crippen LogP contribution in [0.2, 0.25) is 0 Å². The summed E-state index contributed by atoms with van der Waals surface area (Å²) in [6.07, 6.45) is 0.400. The first kappa shape index (κ1) is 18.4. The Labute approximate surface area is 154 Å². The number of aliphatic imine (C=N–C) groups is 1. The van der Waals surface area contributed by atoms with Crippen molar-refractivity contribution in [1.29, 1.82) is 0 Å². The lowest BCUT2D eigenvalue weighted by Gasteiger charge is -2.18. The molecule has 0 bridgehead atoms. The highest BCUT2D eigenvalue weighted by molar-refractivity contribution is 5.93. The van der Waals surface area contributed by atoms with Crippen LogP contribution in [0.15, 0.2) is 71.9 Å². The molecule has 140 valence electrons. The van der Waals surface area contributed by atoms with Crippen molar-refractivity contribution in [2.75, 3.05) is 11.1 Å². The van der Waals surface area contributed by atoms with Gasteiger partial charge < -0.3 is 22.1 Å². The van der Waals surface area contributed by atoms with Crippen molar-refractivity contribution in [2.24, 2.45) is 10.7 Å². The Balaban J connectivity index is 1.69. The molecule has 2 aromatic rings. The van der Waals surface area contributed by atoms with Gasteiger partial charge in [0.15, 0.2) is 5.96 Å². The van der Waals surface area contributed by atoms with Crippen LogP contribution in [0.1, 0.15) is 11.1 Å². The summed E-state index contributed by atoms with van der Waals surface area (Å²) in [5.74, 6) is -0.127. The normalized spacial score (nSPS) is 17.2. The Kier molecular flexibility index (Phi) is 5.07. The molecule has 0 aliphatic carbocycles. The minimum Gasteiger partial charge on any atom is -0.399 e. The number of benzene rings is 2. The maximum Gasteiger partial charge on any atom is 0.418 e. The van der Waals surface area contributed by atoms with E-state index in [9.17, 15) is 13.2 Å². The third-order valence-electron chi connectivity index (χ3n) is 3.89. The molecule has 8 heteroatoms. The van der Waals surface area contributed by atoms with Crippen LogP contribution < -0.4 is 22.1 Å². The number of alkyl halides is 3. The van der Waals surface area contributed by atoms with Crippen molar-refractivity contribution < 1.29 is 13.2 Å². The number of nitrogens with two attached hydrogens (primary N) is 2.